The quantitative estimate of drug-likeness (QED) is 0.737. The Morgan fingerprint density at radius 3 is 2.26 bits per heavy atom. The smallest absolute Gasteiger partial charge is 0.135 e. The second-order valence-corrected chi connectivity index (χ2v) is 5.37. The zero-order valence-electron chi connectivity index (χ0n) is 12.8. The molecule has 0 aliphatic rings. The van der Waals surface area contributed by atoms with Crippen LogP contribution in [0.4, 0.5) is 11.6 Å². The predicted molar refractivity (Wildman–Crippen MR) is 79.7 cm³/mol. The van der Waals surface area contributed by atoms with Crippen molar-refractivity contribution in [2.24, 2.45) is 0 Å². The van der Waals surface area contributed by atoms with E-state index in [4.69, 9.17) is 0 Å². The Hall–Kier alpha value is -1.36. The molecular formula is C14H26N4O. The van der Waals surface area contributed by atoms with Gasteiger partial charge in [-0.25, -0.2) is 9.97 Å². The maximum atomic E-state index is 9.81. The minimum atomic E-state index is -0.477. The third kappa shape index (κ3) is 3.80. The molecule has 1 aromatic rings. The molecule has 1 atom stereocenters. The van der Waals surface area contributed by atoms with Crippen LogP contribution in [0.3, 0.4) is 0 Å². The van der Waals surface area contributed by atoms with Gasteiger partial charge in [-0.1, -0.05) is 6.92 Å². The normalized spacial score (nSPS) is 13.2. The van der Waals surface area contributed by atoms with Gasteiger partial charge in [-0.15, -0.1) is 0 Å². The van der Waals surface area contributed by atoms with Crippen LogP contribution >= 0.6 is 0 Å². The lowest BCUT2D eigenvalue weighted by atomic mass is 9.98. The van der Waals surface area contributed by atoms with Crippen molar-refractivity contribution >= 4 is 11.6 Å². The lowest BCUT2D eigenvalue weighted by Crippen LogP contribution is -2.42. The molecule has 5 nitrogen and oxygen atoms in total. The van der Waals surface area contributed by atoms with E-state index in [0.29, 0.717) is 0 Å². The van der Waals surface area contributed by atoms with Crippen molar-refractivity contribution in [2.45, 2.75) is 59.6 Å². The van der Waals surface area contributed by atoms with Crippen LogP contribution in [0, 0.1) is 6.92 Å². The Bertz CT molecular complexity index is 430. The summed E-state index contributed by atoms with van der Waals surface area (Å²) >= 11 is 0. The number of aliphatic hydroxyl groups is 1. The largest absolute Gasteiger partial charge is 0.391 e. The average molecular weight is 266 g/mol. The maximum Gasteiger partial charge on any atom is 0.135 e. The van der Waals surface area contributed by atoms with E-state index in [1.807, 2.05) is 34.6 Å². The molecule has 108 valence electrons. The number of aromatic nitrogens is 2. The van der Waals surface area contributed by atoms with Crippen LogP contribution in [0.2, 0.25) is 0 Å². The average Bonchev–Trinajstić information content (AvgIpc) is 2.33. The molecule has 0 fully saturated rings. The predicted octanol–water partition coefficient (Wildman–Crippen LogP) is 2.35. The number of aryl methyl sites for hydroxylation is 1. The van der Waals surface area contributed by atoms with Crippen LogP contribution in [0.1, 0.15) is 46.0 Å². The van der Waals surface area contributed by atoms with Gasteiger partial charge in [-0.2, -0.15) is 0 Å². The standard InChI is InChI=1S/C14H26N4O/c1-7-11-16-12(15-8-2)9(3)13(17-11)18-14(5,6)10(4)19/h10,19H,7-8H2,1-6H3,(H2,15,16,17,18). The molecule has 19 heavy (non-hydrogen) atoms. The molecule has 0 saturated carbocycles. The fraction of sp³-hybridized carbons (Fsp3) is 0.714. The van der Waals surface area contributed by atoms with Gasteiger partial charge in [0, 0.05) is 18.5 Å². The lowest BCUT2D eigenvalue weighted by molar-refractivity contribution is 0.133. The molecule has 0 radical (unpaired) electrons. The van der Waals surface area contributed by atoms with Crippen LogP contribution in [0.15, 0.2) is 0 Å². The summed E-state index contributed by atoms with van der Waals surface area (Å²) in [6.45, 7) is 12.6. The summed E-state index contributed by atoms with van der Waals surface area (Å²) < 4.78 is 0. The van der Waals surface area contributed by atoms with Crippen molar-refractivity contribution in [3.05, 3.63) is 11.4 Å². The zero-order chi connectivity index (χ0) is 14.6. The Morgan fingerprint density at radius 1 is 1.21 bits per heavy atom. The highest BCUT2D eigenvalue weighted by molar-refractivity contribution is 5.58. The third-order valence-corrected chi connectivity index (χ3v) is 3.34. The molecule has 1 aromatic heterocycles. The number of aliphatic hydroxyl groups excluding tert-OH is 1. The van der Waals surface area contributed by atoms with Crippen molar-refractivity contribution in [1.29, 1.82) is 0 Å². The number of nitrogens with zero attached hydrogens (tertiary/aromatic N) is 2. The number of hydrogen-bond acceptors (Lipinski definition) is 5. The van der Waals surface area contributed by atoms with E-state index < -0.39 is 11.6 Å². The Balaban J connectivity index is 3.15. The lowest BCUT2D eigenvalue weighted by Gasteiger charge is -2.31. The molecule has 0 aromatic carbocycles. The minimum Gasteiger partial charge on any atom is -0.391 e. The Morgan fingerprint density at radius 2 is 1.79 bits per heavy atom. The van der Waals surface area contributed by atoms with Gasteiger partial charge in [0.15, 0.2) is 0 Å². The van der Waals surface area contributed by atoms with Crippen molar-refractivity contribution in [3.63, 3.8) is 0 Å². The second-order valence-electron chi connectivity index (χ2n) is 5.37. The number of hydrogen-bond donors (Lipinski definition) is 3. The fourth-order valence-electron chi connectivity index (χ4n) is 1.59. The summed E-state index contributed by atoms with van der Waals surface area (Å²) in [5.41, 5.74) is 0.543. The van der Waals surface area contributed by atoms with Crippen LogP contribution in [0.5, 0.6) is 0 Å². The van der Waals surface area contributed by atoms with Crippen LogP contribution < -0.4 is 10.6 Å². The highest BCUT2D eigenvalue weighted by Crippen LogP contribution is 2.24. The van der Waals surface area contributed by atoms with E-state index in [0.717, 1.165) is 36.0 Å². The van der Waals surface area contributed by atoms with Gasteiger partial charge in [0.2, 0.25) is 0 Å². The molecule has 5 heteroatoms. The van der Waals surface area contributed by atoms with E-state index in [1.54, 1.807) is 6.92 Å². The molecule has 0 bridgehead atoms. The SMILES string of the molecule is CCNc1nc(CC)nc(NC(C)(C)C(C)O)c1C. The molecule has 0 spiro atoms. The van der Waals surface area contributed by atoms with E-state index in [1.165, 1.54) is 0 Å². The summed E-state index contributed by atoms with van der Waals surface area (Å²) in [6.07, 6.45) is 0.303. The van der Waals surface area contributed by atoms with Gasteiger partial charge in [-0.3, -0.25) is 0 Å². The van der Waals surface area contributed by atoms with E-state index in [2.05, 4.69) is 20.6 Å². The monoisotopic (exact) mass is 266 g/mol. The van der Waals surface area contributed by atoms with E-state index >= 15 is 0 Å². The highest BCUT2D eigenvalue weighted by Gasteiger charge is 2.25. The first-order valence-corrected chi connectivity index (χ1v) is 6.89. The van der Waals surface area contributed by atoms with Gasteiger partial charge in [0.05, 0.1) is 11.6 Å². The summed E-state index contributed by atoms with van der Waals surface area (Å²) in [5, 5.41) is 16.4. The first-order valence-electron chi connectivity index (χ1n) is 6.89. The van der Waals surface area contributed by atoms with E-state index in [-0.39, 0.29) is 0 Å². The Kier molecular flexibility index (Phi) is 5.11. The van der Waals surface area contributed by atoms with Crippen molar-refractivity contribution in [1.82, 2.24) is 9.97 Å². The number of nitrogens with one attached hydrogen (secondary N) is 2. The van der Waals surface area contributed by atoms with Crippen LogP contribution in [-0.2, 0) is 6.42 Å². The zero-order valence-corrected chi connectivity index (χ0v) is 12.8. The molecule has 0 amide bonds. The first kappa shape index (κ1) is 15.7. The van der Waals surface area contributed by atoms with Gasteiger partial charge >= 0.3 is 0 Å². The van der Waals surface area contributed by atoms with Crippen molar-refractivity contribution in [3.8, 4) is 0 Å². The molecular weight excluding hydrogens is 240 g/mol. The summed E-state index contributed by atoms with van der Waals surface area (Å²) in [6, 6.07) is 0. The maximum absolute atomic E-state index is 9.81. The summed E-state index contributed by atoms with van der Waals surface area (Å²) in [4.78, 5) is 9.02. The molecule has 0 aliphatic carbocycles. The minimum absolute atomic E-state index is 0.437. The van der Waals surface area contributed by atoms with Crippen LogP contribution in [-0.4, -0.2) is 33.3 Å². The van der Waals surface area contributed by atoms with Gasteiger partial charge in [0.25, 0.3) is 0 Å². The topological polar surface area (TPSA) is 70.1 Å². The van der Waals surface area contributed by atoms with Gasteiger partial charge in [0.1, 0.15) is 17.5 Å². The van der Waals surface area contributed by atoms with Crippen molar-refractivity contribution < 1.29 is 5.11 Å². The van der Waals surface area contributed by atoms with E-state index in [9.17, 15) is 5.11 Å². The summed E-state index contributed by atoms with van der Waals surface area (Å²) in [5.74, 6) is 2.44. The van der Waals surface area contributed by atoms with Gasteiger partial charge < -0.3 is 15.7 Å². The van der Waals surface area contributed by atoms with Crippen molar-refractivity contribution in [2.75, 3.05) is 17.2 Å². The molecule has 3 N–H and O–H groups in total. The third-order valence-electron chi connectivity index (χ3n) is 3.34. The number of rotatable bonds is 6. The molecule has 1 unspecified atom stereocenters. The van der Waals surface area contributed by atoms with Crippen LogP contribution in [0.25, 0.3) is 0 Å². The molecule has 0 saturated heterocycles. The fourth-order valence-corrected chi connectivity index (χ4v) is 1.59. The number of anilines is 2. The molecule has 1 heterocycles. The second kappa shape index (κ2) is 6.19. The molecule has 1 rings (SSSR count). The Labute approximate surface area is 115 Å². The molecule has 0 aliphatic heterocycles. The first-order chi connectivity index (χ1) is 8.81. The van der Waals surface area contributed by atoms with Gasteiger partial charge in [-0.05, 0) is 34.6 Å². The highest BCUT2D eigenvalue weighted by atomic mass is 16.3. The summed E-state index contributed by atoms with van der Waals surface area (Å²) in [7, 11) is 0.